The first-order valence-electron chi connectivity index (χ1n) is 7.29. The highest BCUT2D eigenvalue weighted by Gasteiger charge is 2.27. The van der Waals surface area contributed by atoms with E-state index in [1.807, 2.05) is 20.8 Å². The van der Waals surface area contributed by atoms with Crippen molar-refractivity contribution in [1.82, 2.24) is 9.80 Å². The molecule has 1 aliphatic rings. The van der Waals surface area contributed by atoms with Gasteiger partial charge in [-0.1, -0.05) is 0 Å². The minimum atomic E-state index is -0.530. The maximum atomic E-state index is 12.9. The lowest BCUT2D eigenvalue weighted by Crippen LogP contribution is -2.51. The van der Waals surface area contributed by atoms with E-state index in [1.165, 1.54) is 24.3 Å². The molecule has 0 bridgehead atoms. The number of rotatable bonds is 1. The largest absolute Gasteiger partial charge is 0.444 e. The predicted molar refractivity (Wildman–Crippen MR) is 80.1 cm³/mol. The summed E-state index contributed by atoms with van der Waals surface area (Å²) in [6.45, 7) is 7.20. The first-order chi connectivity index (χ1) is 10.3. The van der Waals surface area contributed by atoms with E-state index in [4.69, 9.17) is 4.74 Å². The van der Waals surface area contributed by atoms with E-state index in [0.717, 1.165) is 0 Å². The van der Waals surface area contributed by atoms with Crippen LogP contribution in [0.3, 0.4) is 0 Å². The molecule has 0 saturated carbocycles. The summed E-state index contributed by atoms with van der Waals surface area (Å²) < 4.78 is 18.2. The molecule has 1 aliphatic heterocycles. The fraction of sp³-hybridized carbons (Fsp3) is 0.500. The Balaban J connectivity index is 1.90. The van der Waals surface area contributed by atoms with Crippen LogP contribution in [0.1, 0.15) is 31.1 Å². The number of benzene rings is 1. The summed E-state index contributed by atoms with van der Waals surface area (Å²) >= 11 is 0. The molecule has 1 fully saturated rings. The maximum Gasteiger partial charge on any atom is 0.410 e. The van der Waals surface area contributed by atoms with Crippen molar-refractivity contribution in [3.8, 4) is 0 Å². The zero-order valence-corrected chi connectivity index (χ0v) is 13.1. The second kappa shape index (κ2) is 6.34. The van der Waals surface area contributed by atoms with Crippen molar-refractivity contribution in [3.63, 3.8) is 0 Å². The molecule has 2 rings (SSSR count). The van der Waals surface area contributed by atoms with Gasteiger partial charge in [0.15, 0.2) is 0 Å². The number of nitrogens with zero attached hydrogens (tertiary/aromatic N) is 2. The fourth-order valence-electron chi connectivity index (χ4n) is 2.19. The van der Waals surface area contributed by atoms with Gasteiger partial charge in [0.25, 0.3) is 5.91 Å². The van der Waals surface area contributed by atoms with Crippen molar-refractivity contribution < 1.29 is 18.7 Å². The van der Waals surface area contributed by atoms with Crippen LogP contribution in [0.25, 0.3) is 0 Å². The van der Waals surface area contributed by atoms with Gasteiger partial charge in [0.05, 0.1) is 0 Å². The Bertz CT molecular complexity index is 544. The van der Waals surface area contributed by atoms with E-state index in [1.54, 1.807) is 9.80 Å². The summed E-state index contributed by atoms with van der Waals surface area (Å²) in [5, 5.41) is 0. The van der Waals surface area contributed by atoms with Gasteiger partial charge in [-0.25, -0.2) is 9.18 Å². The number of carbonyl (C=O) groups excluding carboxylic acids is 2. The highest BCUT2D eigenvalue weighted by molar-refractivity contribution is 5.94. The molecule has 120 valence electrons. The Kier molecular flexibility index (Phi) is 4.68. The van der Waals surface area contributed by atoms with E-state index in [0.29, 0.717) is 31.7 Å². The molecule has 1 aromatic carbocycles. The summed E-state index contributed by atoms with van der Waals surface area (Å²) in [4.78, 5) is 27.5. The van der Waals surface area contributed by atoms with Gasteiger partial charge in [0.2, 0.25) is 0 Å². The molecule has 0 atom stereocenters. The van der Waals surface area contributed by atoms with Crippen LogP contribution in [0.15, 0.2) is 24.3 Å². The molecule has 0 unspecified atom stereocenters. The zero-order chi connectivity index (χ0) is 16.3. The summed E-state index contributed by atoms with van der Waals surface area (Å²) in [6, 6.07) is 5.48. The first kappa shape index (κ1) is 16.3. The number of hydrogen-bond donors (Lipinski definition) is 0. The first-order valence-corrected chi connectivity index (χ1v) is 7.29. The quantitative estimate of drug-likeness (QED) is 0.801. The average molecular weight is 308 g/mol. The standard InChI is InChI=1S/C16H21FN2O3/c1-16(2,3)22-15(21)19-10-8-18(9-11-19)14(20)12-4-6-13(17)7-5-12/h4-7H,8-11H2,1-3H3. The van der Waals surface area contributed by atoms with Crippen LogP contribution in [0, 0.1) is 5.82 Å². The van der Waals surface area contributed by atoms with Gasteiger partial charge >= 0.3 is 6.09 Å². The van der Waals surface area contributed by atoms with Gasteiger partial charge in [-0.05, 0) is 45.0 Å². The fourth-order valence-corrected chi connectivity index (χ4v) is 2.19. The van der Waals surface area contributed by atoms with Crippen LogP contribution >= 0.6 is 0 Å². The van der Waals surface area contributed by atoms with Crippen LogP contribution in [-0.4, -0.2) is 53.6 Å². The molecule has 0 aromatic heterocycles. The summed E-state index contributed by atoms with van der Waals surface area (Å²) in [5.74, 6) is -0.518. The van der Waals surface area contributed by atoms with E-state index < -0.39 is 5.60 Å². The molecule has 1 heterocycles. The lowest BCUT2D eigenvalue weighted by molar-refractivity contribution is 0.0141. The van der Waals surface area contributed by atoms with Crippen molar-refractivity contribution in [2.75, 3.05) is 26.2 Å². The molecule has 1 aromatic rings. The lowest BCUT2D eigenvalue weighted by atomic mass is 10.2. The van der Waals surface area contributed by atoms with Crippen molar-refractivity contribution in [2.45, 2.75) is 26.4 Å². The van der Waals surface area contributed by atoms with E-state index >= 15 is 0 Å². The molecule has 0 spiro atoms. The number of carbonyl (C=O) groups is 2. The Labute approximate surface area is 129 Å². The molecule has 5 nitrogen and oxygen atoms in total. The highest BCUT2D eigenvalue weighted by atomic mass is 19.1. The second-order valence-corrected chi connectivity index (χ2v) is 6.27. The SMILES string of the molecule is CC(C)(C)OC(=O)N1CCN(C(=O)c2ccc(F)cc2)CC1. The zero-order valence-electron chi connectivity index (χ0n) is 13.1. The third kappa shape index (κ3) is 4.19. The van der Waals surface area contributed by atoms with Gasteiger partial charge in [0.1, 0.15) is 11.4 Å². The highest BCUT2D eigenvalue weighted by Crippen LogP contribution is 2.13. The Morgan fingerprint density at radius 3 is 2.00 bits per heavy atom. The Morgan fingerprint density at radius 1 is 1.00 bits per heavy atom. The van der Waals surface area contributed by atoms with Crippen molar-refractivity contribution >= 4 is 12.0 Å². The molecule has 22 heavy (non-hydrogen) atoms. The molecular weight excluding hydrogens is 287 g/mol. The summed E-state index contributed by atoms with van der Waals surface area (Å²) in [6.07, 6.45) is -0.360. The maximum absolute atomic E-state index is 12.9. The number of amides is 2. The van der Waals surface area contributed by atoms with Crippen molar-refractivity contribution in [2.24, 2.45) is 0 Å². The second-order valence-electron chi connectivity index (χ2n) is 6.27. The van der Waals surface area contributed by atoms with E-state index in [2.05, 4.69) is 0 Å². The minimum absolute atomic E-state index is 0.149. The van der Waals surface area contributed by atoms with Crippen molar-refractivity contribution in [3.05, 3.63) is 35.6 Å². The molecule has 1 saturated heterocycles. The smallest absolute Gasteiger partial charge is 0.410 e. The predicted octanol–water partition coefficient (Wildman–Crippen LogP) is 2.52. The van der Waals surface area contributed by atoms with Crippen LogP contribution < -0.4 is 0 Å². The van der Waals surface area contributed by atoms with Crippen molar-refractivity contribution in [1.29, 1.82) is 0 Å². The van der Waals surface area contributed by atoms with Crippen LogP contribution in [0.2, 0.25) is 0 Å². The Morgan fingerprint density at radius 2 is 1.50 bits per heavy atom. The minimum Gasteiger partial charge on any atom is -0.444 e. The molecular formula is C16H21FN2O3. The number of halogens is 1. The van der Waals surface area contributed by atoms with Gasteiger partial charge in [-0.3, -0.25) is 4.79 Å². The third-order valence-electron chi connectivity index (χ3n) is 3.31. The van der Waals surface area contributed by atoms with Crippen LogP contribution in [-0.2, 0) is 4.74 Å². The van der Waals surface area contributed by atoms with Gasteiger partial charge < -0.3 is 14.5 Å². The summed E-state index contributed by atoms with van der Waals surface area (Å²) in [7, 11) is 0. The van der Waals surface area contributed by atoms with E-state index in [9.17, 15) is 14.0 Å². The number of hydrogen-bond acceptors (Lipinski definition) is 3. The number of ether oxygens (including phenoxy) is 1. The van der Waals surface area contributed by atoms with Crippen LogP contribution in [0.4, 0.5) is 9.18 Å². The van der Waals surface area contributed by atoms with Gasteiger partial charge in [0, 0.05) is 31.7 Å². The molecule has 6 heteroatoms. The Hall–Kier alpha value is -2.11. The lowest BCUT2D eigenvalue weighted by Gasteiger charge is -2.35. The van der Waals surface area contributed by atoms with Gasteiger partial charge in [-0.15, -0.1) is 0 Å². The molecule has 0 aliphatic carbocycles. The van der Waals surface area contributed by atoms with E-state index in [-0.39, 0.29) is 17.8 Å². The molecule has 0 radical (unpaired) electrons. The number of piperazine rings is 1. The monoisotopic (exact) mass is 308 g/mol. The van der Waals surface area contributed by atoms with Gasteiger partial charge in [-0.2, -0.15) is 0 Å². The average Bonchev–Trinajstić information content (AvgIpc) is 2.46. The third-order valence-corrected chi connectivity index (χ3v) is 3.31. The van der Waals surface area contributed by atoms with Crippen LogP contribution in [0.5, 0.6) is 0 Å². The normalized spacial score (nSPS) is 15.6. The molecule has 0 N–H and O–H groups in total. The summed E-state index contributed by atoms with van der Waals surface area (Å²) in [5.41, 5.74) is -0.0786. The molecule has 2 amide bonds. The topological polar surface area (TPSA) is 49.9 Å².